The first-order chi connectivity index (χ1) is 15.7. The van der Waals surface area contributed by atoms with Crippen molar-refractivity contribution in [1.82, 2.24) is 4.90 Å². The number of hydrogen-bond donors (Lipinski definition) is 1. The Hall–Kier alpha value is -3.64. The second-order valence-corrected chi connectivity index (χ2v) is 7.67. The molecule has 3 aromatic carbocycles. The molecular weight excluding hydrogens is 404 g/mol. The van der Waals surface area contributed by atoms with Crippen LogP contribution in [0.5, 0.6) is 5.75 Å². The molecule has 0 aliphatic carbocycles. The Balaban J connectivity index is 1.17. The van der Waals surface area contributed by atoms with Crippen LogP contribution in [0.3, 0.4) is 0 Å². The highest BCUT2D eigenvalue weighted by Crippen LogP contribution is 2.19. The van der Waals surface area contributed by atoms with Gasteiger partial charge in [-0.1, -0.05) is 54.6 Å². The number of anilines is 1. The zero-order valence-electron chi connectivity index (χ0n) is 17.8. The van der Waals surface area contributed by atoms with Crippen molar-refractivity contribution in [3.8, 4) is 5.75 Å². The standard InChI is InChI=1S/C26H26N2O4/c29-25(18-31-19-26(30)28-15-14-21-8-4-5-9-22(21)16-28)27-23-10-12-24(13-11-23)32-17-20-6-2-1-3-7-20/h1-13H,14-19H2,(H,27,29). The number of amides is 2. The quantitative estimate of drug-likeness (QED) is 0.590. The predicted octanol–water partition coefficient (Wildman–Crippen LogP) is 3.81. The Morgan fingerprint density at radius 2 is 1.56 bits per heavy atom. The van der Waals surface area contributed by atoms with E-state index in [4.69, 9.17) is 9.47 Å². The normalized spacial score (nSPS) is 12.7. The molecule has 6 nitrogen and oxygen atoms in total. The molecule has 2 amide bonds. The molecule has 1 aliphatic rings. The van der Waals surface area contributed by atoms with Crippen molar-refractivity contribution in [3.63, 3.8) is 0 Å². The average Bonchev–Trinajstić information content (AvgIpc) is 2.84. The van der Waals surface area contributed by atoms with E-state index in [9.17, 15) is 9.59 Å². The molecule has 4 rings (SSSR count). The van der Waals surface area contributed by atoms with E-state index < -0.39 is 0 Å². The summed E-state index contributed by atoms with van der Waals surface area (Å²) in [4.78, 5) is 26.3. The van der Waals surface area contributed by atoms with Crippen LogP contribution in [0.1, 0.15) is 16.7 Å². The topological polar surface area (TPSA) is 67.9 Å². The van der Waals surface area contributed by atoms with Gasteiger partial charge in [0.05, 0.1) is 0 Å². The minimum Gasteiger partial charge on any atom is -0.489 e. The number of hydrogen-bond acceptors (Lipinski definition) is 4. The molecule has 0 spiro atoms. The minimum absolute atomic E-state index is 0.104. The summed E-state index contributed by atoms with van der Waals surface area (Å²) in [5, 5.41) is 2.76. The van der Waals surface area contributed by atoms with Crippen molar-refractivity contribution in [1.29, 1.82) is 0 Å². The first kappa shape index (κ1) is 21.6. The first-order valence-electron chi connectivity index (χ1n) is 10.7. The maximum atomic E-state index is 12.4. The Morgan fingerprint density at radius 3 is 2.34 bits per heavy atom. The lowest BCUT2D eigenvalue weighted by molar-refractivity contribution is -0.138. The molecule has 164 valence electrons. The summed E-state index contributed by atoms with van der Waals surface area (Å²) in [6, 6.07) is 25.2. The zero-order valence-corrected chi connectivity index (χ0v) is 17.8. The lowest BCUT2D eigenvalue weighted by Gasteiger charge is -2.28. The van der Waals surface area contributed by atoms with Crippen molar-refractivity contribution < 1.29 is 19.1 Å². The molecule has 3 aromatic rings. The van der Waals surface area contributed by atoms with Crippen LogP contribution in [-0.2, 0) is 33.9 Å². The second kappa shape index (κ2) is 10.6. The number of rotatable bonds is 8. The Morgan fingerprint density at radius 1 is 0.844 bits per heavy atom. The van der Waals surface area contributed by atoms with Gasteiger partial charge in [0.25, 0.3) is 0 Å². The highest BCUT2D eigenvalue weighted by atomic mass is 16.5. The highest BCUT2D eigenvalue weighted by Gasteiger charge is 2.20. The SMILES string of the molecule is O=C(COCC(=O)N1CCc2ccccc2C1)Nc1ccc(OCc2ccccc2)cc1. The van der Waals surface area contributed by atoms with E-state index in [2.05, 4.69) is 11.4 Å². The summed E-state index contributed by atoms with van der Waals surface area (Å²) in [7, 11) is 0. The first-order valence-corrected chi connectivity index (χ1v) is 10.7. The monoisotopic (exact) mass is 430 g/mol. The molecule has 0 atom stereocenters. The fourth-order valence-electron chi connectivity index (χ4n) is 3.60. The number of carbonyl (C=O) groups excluding carboxylic acids is 2. The number of benzene rings is 3. The molecule has 6 heteroatoms. The van der Waals surface area contributed by atoms with Crippen LogP contribution in [0.2, 0.25) is 0 Å². The Kier molecular flexibility index (Phi) is 7.15. The molecule has 0 aromatic heterocycles. The van der Waals surface area contributed by atoms with Gasteiger partial charge in [0, 0.05) is 18.8 Å². The van der Waals surface area contributed by atoms with Gasteiger partial charge < -0.3 is 19.7 Å². The van der Waals surface area contributed by atoms with Crippen LogP contribution in [0, 0.1) is 0 Å². The van der Waals surface area contributed by atoms with E-state index in [0.29, 0.717) is 25.4 Å². The third-order valence-corrected chi connectivity index (χ3v) is 5.33. The third kappa shape index (κ3) is 5.95. The zero-order chi connectivity index (χ0) is 22.2. The smallest absolute Gasteiger partial charge is 0.250 e. The van der Waals surface area contributed by atoms with Gasteiger partial charge >= 0.3 is 0 Å². The van der Waals surface area contributed by atoms with Crippen molar-refractivity contribution in [2.75, 3.05) is 25.1 Å². The lowest BCUT2D eigenvalue weighted by Crippen LogP contribution is -2.38. The van der Waals surface area contributed by atoms with Gasteiger partial charge in [-0.3, -0.25) is 9.59 Å². The van der Waals surface area contributed by atoms with Crippen LogP contribution >= 0.6 is 0 Å². The number of ether oxygens (including phenoxy) is 2. The van der Waals surface area contributed by atoms with Gasteiger partial charge in [0.15, 0.2) is 0 Å². The van der Waals surface area contributed by atoms with Crippen LogP contribution in [0.15, 0.2) is 78.9 Å². The van der Waals surface area contributed by atoms with E-state index in [1.165, 1.54) is 11.1 Å². The van der Waals surface area contributed by atoms with Gasteiger partial charge in [-0.15, -0.1) is 0 Å². The molecule has 32 heavy (non-hydrogen) atoms. The van der Waals surface area contributed by atoms with Crippen LogP contribution in [-0.4, -0.2) is 36.5 Å². The summed E-state index contributed by atoms with van der Waals surface area (Å²) in [6.45, 7) is 1.45. The van der Waals surface area contributed by atoms with E-state index in [1.807, 2.05) is 48.5 Å². The molecule has 0 fully saturated rings. The summed E-state index contributed by atoms with van der Waals surface area (Å²) in [5.41, 5.74) is 4.18. The van der Waals surface area contributed by atoms with E-state index >= 15 is 0 Å². The highest BCUT2D eigenvalue weighted by molar-refractivity contribution is 5.92. The molecule has 0 unspecified atom stereocenters. The van der Waals surface area contributed by atoms with Crippen molar-refractivity contribution in [3.05, 3.63) is 95.6 Å². The maximum Gasteiger partial charge on any atom is 0.250 e. The Labute approximate surface area is 187 Å². The number of nitrogens with one attached hydrogen (secondary N) is 1. The summed E-state index contributed by atoms with van der Waals surface area (Å²) in [5.74, 6) is 0.309. The van der Waals surface area contributed by atoms with Gasteiger partial charge in [0.2, 0.25) is 11.8 Å². The fraction of sp³-hybridized carbons (Fsp3) is 0.231. The van der Waals surface area contributed by atoms with Crippen LogP contribution < -0.4 is 10.1 Å². The molecule has 1 heterocycles. The molecule has 0 radical (unpaired) electrons. The number of nitrogens with zero attached hydrogens (tertiary/aromatic N) is 1. The lowest BCUT2D eigenvalue weighted by atomic mass is 10.00. The summed E-state index contributed by atoms with van der Waals surface area (Å²) in [6.07, 6.45) is 0.841. The largest absolute Gasteiger partial charge is 0.489 e. The van der Waals surface area contributed by atoms with Gasteiger partial charge in [-0.2, -0.15) is 0 Å². The summed E-state index contributed by atoms with van der Waals surface area (Å²) >= 11 is 0. The van der Waals surface area contributed by atoms with E-state index in [0.717, 1.165) is 17.7 Å². The van der Waals surface area contributed by atoms with Gasteiger partial charge in [-0.05, 0) is 47.4 Å². The molecule has 1 N–H and O–H groups in total. The summed E-state index contributed by atoms with van der Waals surface area (Å²) < 4.78 is 11.1. The van der Waals surface area contributed by atoms with Crippen molar-refractivity contribution >= 4 is 17.5 Å². The van der Waals surface area contributed by atoms with Gasteiger partial charge in [0.1, 0.15) is 25.6 Å². The van der Waals surface area contributed by atoms with Gasteiger partial charge in [-0.25, -0.2) is 0 Å². The number of carbonyl (C=O) groups is 2. The molecule has 0 saturated carbocycles. The van der Waals surface area contributed by atoms with E-state index in [1.54, 1.807) is 29.2 Å². The predicted molar refractivity (Wildman–Crippen MR) is 122 cm³/mol. The Bertz CT molecular complexity index is 1050. The molecule has 0 saturated heterocycles. The average molecular weight is 431 g/mol. The number of fused-ring (bicyclic) bond motifs is 1. The van der Waals surface area contributed by atoms with Crippen LogP contribution in [0.25, 0.3) is 0 Å². The molecular formula is C26H26N2O4. The van der Waals surface area contributed by atoms with Crippen molar-refractivity contribution in [2.24, 2.45) is 0 Å². The molecule has 1 aliphatic heterocycles. The minimum atomic E-state index is -0.306. The third-order valence-electron chi connectivity index (χ3n) is 5.33. The molecule has 0 bridgehead atoms. The van der Waals surface area contributed by atoms with E-state index in [-0.39, 0.29) is 25.0 Å². The second-order valence-electron chi connectivity index (χ2n) is 7.67. The fourth-order valence-corrected chi connectivity index (χ4v) is 3.60. The van der Waals surface area contributed by atoms with Crippen LogP contribution in [0.4, 0.5) is 5.69 Å². The maximum absolute atomic E-state index is 12.4. The van der Waals surface area contributed by atoms with Crippen molar-refractivity contribution in [2.45, 2.75) is 19.6 Å².